The second kappa shape index (κ2) is 7.00. The number of hydrogen-bond acceptors (Lipinski definition) is 6. The first-order valence-corrected chi connectivity index (χ1v) is 14.7. The smallest absolute Gasteiger partial charge is 0.165 e. The molecular weight excluding hydrogens is 478 g/mol. The van der Waals surface area contributed by atoms with E-state index in [1.165, 1.54) is 56.3 Å². The molecule has 0 amide bonds. The third-order valence-electron chi connectivity index (χ3n) is 12.5. The summed E-state index contributed by atoms with van der Waals surface area (Å²) in [5.41, 5.74) is 4.03. The molecule has 0 radical (unpaired) electrons. The van der Waals surface area contributed by atoms with Gasteiger partial charge >= 0.3 is 0 Å². The third-order valence-corrected chi connectivity index (χ3v) is 12.5. The van der Waals surface area contributed by atoms with Crippen LogP contribution >= 0.6 is 0 Å². The van der Waals surface area contributed by atoms with E-state index in [1.807, 2.05) is 13.2 Å². The summed E-state index contributed by atoms with van der Waals surface area (Å²) in [4.78, 5) is 2.92. The molecule has 3 spiro atoms. The second-order valence-electron chi connectivity index (χ2n) is 14.2. The molecule has 5 saturated carbocycles. The van der Waals surface area contributed by atoms with Crippen molar-refractivity contribution in [3.8, 4) is 11.5 Å². The molecule has 6 nitrogen and oxygen atoms in total. The number of hydrogen-bond donors (Lipinski definition) is 0. The summed E-state index contributed by atoms with van der Waals surface area (Å²) in [6.45, 7) is 6.19. The SMILES string of the molecule is COc1ccc2c3c1O[C@H]1C4(OC)CC[C@@]5(C[C@]4(C)COCc4ccoc4)[C@@H]4N(CC6CC6)CC4(C2)C[C@]315. The molecule has 1 saturated heterocycles. The van der Waals surface area contributed by atoms with E-state index in [9.17, 15) is 0 Å². The fourth-order valence-corrected chi connectivity index (χ4v) is 11.5. The van der Waals surface area contributed by atoms with Gasteiger partial charge in [-0.3, -0.25) is 4.90 Å². The number of methoxy groups -OCH3 is 2. The Morgan fingerprint density at radius 1 is 1.11 bits per heavy atom. The number of benzene rings is 1. The molecule has 1 aromatic carbocycles. The van der Waals surface area contributed by atoms with Crippen molar-refractivity contribution >= 4 is 0 Å². The molecule has 6 heteroatoms. The normalized spacial score (nSPS) is 44.9. The lowest BCUT2D eigenvalue weighted by atomic mass is 9.37. The van der Waals surface area contributed by atoms with E-state index in [1.54, 1.807) is 19.6 Å². The van der Waals surface area contributed by atoms with Crippen molar-refractivity contribution in [3.63, 3.8) is 0 Å². The van der Waals surface area contributed by atoms with Crippen molar-refractivity contribution in [3.05, 3.63) is 47.4 Å². The summed E-state index contributed by atoms with van der Waals surface area (Å²) in [6.07, 6.45) is 12.1. The number of rotatable bonds is 8. The van der Waals surface area contributed by atoms with E-state index in [0.29, 0.717) is 24.7 Å². The van der Waals surface area contributed by atoms with Gasteiger partial charge < -0.3 is 23.4 Å². The largest absolute Gasteiger partial charge is 0.493 e. The van der Waals surface area contributed by atoms with Crippen LogP contribution in [0.1, 0.15) is 62.1 Å². The number of furan rings is 1. The zero-order valence-electron chi connectivity index (χ0n) is 22.9. The molecule has 6 fully saturated rings. The van der Waals surface area contributed by atoms with Crippen LogP contribution in [0.2, 0.25) is 0 Å². The van der Waals surface area contributed by atoms with Gasteiger partial charge in [-0.15, -0.1) is 0 Å². The molecule has 0 N–H and O–H groups in total. The van der Waals surface area contributed by atoms with Crippen molar-refractivity contribution in [1.29, 1.82) is 0 Å². The van der Waals surface area contributed by atoms with Gasteiger partial charge in [-0.05, 0) is 68.6 Å². The molecule has 2 unspecified atom stereocenters. The van der Waals surface area contributed by atoms with Gasteiger partial charge in [0, 0.05) is 59.0 Å². The minimum atomic E-state index is -0.407. The van der Waals surface area contributed by atoms with Crippen LogP contribution in [-0.2, 0) is 27.9 Å². The first kappa shape index (κ1) is 22.8. The highest BCUT2D eigenvalue weighted by Crippen LogP contribution is 2.85. The Bertz CT molecular complexity index is 1320. The van der Waals surface area contributed by atoms with Crippen LogP contribution < -0.4 is 9.47 Å². The molecule has 6 aliphatic carbocycles. The van der Waals surface area contributed by atoms with Crippen LogP contribution in [0.3, 0.4) is 0 Å². The maximum Gasteiger partial charge on any atom is 0.165 e. The predicted molar refractivity (Wildman–Crippen MR) is 140 cm³/mol. The number of ether oxygens (including phenoxy) is 4. The van der Waals surface area contributed by atoms with Crippen molar-refractivity contribution in [2.24, 2.45) is 22.2 Å². The van der Waals surface area contributed by atoms with E-state index < -0.39 is 5.60 Å². The zero-order valence-corrected chi connectivity index (χ0v) is 22.9. The fourth-order valence-electron chi connectivity index (χ4n) is 11.5. The molecule has 10 rings (SSSR count). The van der Waals surface area contributed by atoms with Crippen molar-refractivity contribution in [1.82, 2.24) is 4.90 Å². The first-order valence-electron chi connectivity index (χ1n) is 14.7. The maximum atomic E-state index is 7.23. The molecular formula is C32H39NO5. The van der Waals surface area contributed by atoms with Crippen LogP contribution in [0.5, 0.6) is 11.5 Å². The molecule has 202 valence electrons. The molecule has 38 heavy (non-hydrogen) atoms. The highest BCUT2D eigenvalue weighted by molar-refractivity contribution is 5.65. The number of nitrogens with zero attached hydrogens (tertiary/aromatic N) is 1. The first-order chi connectivity index (χ1) is 18.4. The van der Waals surface area contributed by atoms with Crippen LogP contribution in [-0.4, -0.2) is 56.6 Å². The predicted octanol–water partition coefficient (Wildman–Crippen LogP) is 5.12. The Balaban J connectivity index is 1.21. The van der Waals surface area contributed by atoms with Gasteiger partial charge in [0.25, 0.3) is 0 Å². The van der Waals surface area contributed by atoms with Gasteiger partial charge in [-0.2, -0.15) is 0 Å². The summed E-state index contributed by atoms with van der Waals surface area (Å²) in [5.74, 6) is 2.80. The summed E-state index contributed by atoms with van der Waals surface area (Å²) in [7, 11) is 3.71. The van der Waals surface area contributed by atoms with Gasteiger partial charge in [0.1, 0.15) is 11.7 Å². The van der Waals surface area contributed by atoms with E-state index >= 15 is 0 Å². The Hall–Kier alpha value is -2.02. The van der Waals surface area contributed by atoms with Crippen molar-refractivity contribution in [2.75, 3.05) is 33.9 Å². The second-order valence-corrected chi connectivity index (χ2v) is 14.2. The topological polar surface area (TPSA) is 53.3 Å². The van der Waals surface area contributed by atoms with Crippen LogP contribution in [0.25, 0.3) is 0 Å². The molecule has 3 heterocycles. The Morgan fingerprint density at radius 3 is 2.76 bits per heavy atom. The lowest BCUT2D eigenvalue weighted by molar-refractivity contribution is -0.294. The van der Waals surface area contributed by atoms with E-state index in [4.69, 9.17) is 23.4 Å². The Morgan fingerprint density at radius 2 is 2.00 bits per heavy atom. The molecule has 8 aliphatic rings. The number of fused-ring (bicyclic) bond motifs is 2. The van der Waals surface area contributed by atoms with Crippen LogP contribution in [0.15, 0.2) is 35.1 Å². The van der Waals surface area contributed by atoms with Gasteiger partial charge in [-0.25, -0.2) is 0 Å². The minimum absolute atomic E-state index is 0.00818. The van der Waals surface area contributed by atoms with Crippen LogP contribution in [0, 0.1) is 22.2 Å². The van der Waals surface area contributed by atoms with Crippen LogP contribution in [0.4, 0.5) is 0 Å². The van der Waals surface area contributed by atoms with E-state index in [0.717, 1.165) is 35.8 Å². The van der Waals surface area contributed by atoms with E-state index in [-0.39, 0.29) is 22.3 Å². The van der Waals surface area contributed by atoms with Gasteiger partial charge in [-0.1, -0.05) is 13.0 Å². The summed E-state index contributed by atoms with van der Waals surface area (Å²) < 4.78 is 31.7. The van der Waals surface area contributed by atoms with Gasteiger partial charge in [0.05, 0.1) is 32.8 Å². The monoisotopic (exact) mass is 517 g/mol. The van der Waals surface area contributed by atoms with Gasteiger partial charge in [0.2, 0.25) is 0 Å². The average molecular weight is 518 g/mol. The fraction of sp³-hybridized carbons (Fsp3) is 0.688. The quantitative estimate of drug-likeness (QED) is 0.485. The molecule has 1 aromatic heterocycles. The lowest BCUT2D eigenvalue weighted by Crippen LogP contribution is -2.79. The van der Waals surface area contributed by atoms with Crippen molar-refractivity contribution in [2.45, 2.75) is 81.6 Å². The molecule has 4 bridgehead atoms. The molecule has 2 aromatic rings. The summed E-state index contributed by atoms with van der Waals surface area (Å²) >= 11 is 0. The van der Waals surface area contributed by atoms with Crippen molar-refractivity contribution < 1.29 is 23.4 Å². The van der Waals surface area contributed by atoms with Gasteiger partial charge in [0.15, 0.2) is 11.5 Å². The minimum Gasteiger partial charge on any atom is -0.493 e. The Labute approximate surface area is 224 Å². The summed E-state index contributed by atoms with van der Waals surface area (Å²) in [5, 5.41) is 0. The average Bonchev–Trinajstić information content (AvgIpc) is 3.36. The molecule has 2 aliphatic heterocycles. The third kappa shape index (κ3) is 2.33. The highest BCUT2D eigenvalue weighted by Gasteiger charge is 2.89. The highest BCUT2D eigenvalue weighted by atomic mass is 16.6. The summed E-state index contributed by atoms with van der Waals surface area (Å²) in [6, 6.07) is 7.13. The molecule has 7 atom stereocenters. The lowest BCUT2D eigenvalue weighted by Gasteiger charge is -2.71. The Kier molecular flexibility index (Phi) is 4.19. The maximum absolute atomic E-state index is 7.23. The standard InChI is InChI=1S/C32H39NO5/c1-28(19-37-15-21-8-11-36-14-21)16-30-9-10-32(28,35-3)27-31(30)17-29(18-33(26(29)30)13-20-4-5-20)12-22-6-7-23(34-2)25(38-27)24(22)31/h6-8,11,14,20,26-27H,4-5,9-10,12-13,15-19H2,1-3H3/t26-,27-,28-,29?,30-,31+,32?/m1/s1. The van der Waals surface area contributed by atoms with E-state index in [2.05, 4.69) is 24.0 Å². The zero-order chi connectivity index (χ0) is 25.5. The number of likely N-dealkylation sites (tertiary alicyclic amines) is 1.